The number of nitrogens with one attached hydrogen (secondary N) is 2. The number of rotatable bonds is 14. The topological polar surface area (TPSA) is 108 Å². The van der Waals surface area contributed by atoms with Gasteiger partial charge in [0.15, 0.2) is 0 Å². The fourth-order valence-electron chi connectivity index (χ4n) is 4.13. The molecular weight excluding hydrogens is 502 g/mol. The van der Waals surface area contributed by atoms with Crippen LogP contribution in [0.3, 0.4) is 0 Å². The van der Waals surface area contributed by atoms with Crippen LogP contribution in [0.5, 0.6) is 5.75 Å². The molecule has 3 atom stereocenters. The molecule has 1 rings (SSSR count). The Hall–Kier alpha value is -2.42. The molecule has 0 bridgehead atoms. The number of hydrogen-bond donors (Lipinski definition) is 4. The third kappa shape index (κ3) is 10.8. The number of thiol groups is 1. The number of para-hydroxylation sites is 1. The number of aromatic hydroxyl groups is 1. The molecule has 3 amide bonds. The van der Waals surface area contributed by atoms with Gasteiger partial charge in [-0.3, -0.25) is 9.59 Å². The van der Waals surface area contributed by atoms with Gasteiger partial charge in [0, 0.05) is 23.9 Å². The molecule has 0 saturated heterocycles. The van der Waals surface area contributed by atoms with Crippen LogP contribution in [0, 0.1) is 12.8 Å². The summed E-state index contributed by atoms with van der Waals surface area (Å²) in [7, 11) is 0. The Kier molecular flexibility index (Phi) is 14.0. The van der Waals surface area contributed by atoms with Crippen molar-refractivity contribution in [1.29, 1.82) is 0 Å². The fourth-order valence-corrected chi connectivity index (χ4v) is 4.38. The smallest absolute Gasteiger partial charge is 0.408 e. The second-order valence-electron chi connectivity index (χ2n) is 11.4. The van der Waals surface area contributed by atoms with Gasteiger partial charge in [-0.2, -0.15) is 12.6 Å². The van der Waals surface area contributed by atoms with Gasteiger partial charge in [0.05, 0.1) is 0 Å². The number of phenols is 1. The number of nitrogens with zero attached hydrogens (tertiary/aromatic N) is 1. The Morgan fingerprint density at radius 1 is 1.11 bits per heavy atom. The molecule has 0 aliphatic rings. The fraction of sp³-hybridized carbons (Fsp3) is 0.690. The van der Waals surface area contributed by atoms with Gasteiger partial charge < -0.3 is 25.4 Å². The van der Waals surface area contributed by atoms with Crippen molar-refractivity contribution in [1.82, 2.24) is 15.5 Å². The maximum Gasteiger partial charge on any atom is 0.408 e. The van der Waals surface area contributed by atoms with Crippen molar-refractivity contribution < 1.29 is 24.2 Å². The predicted octanol–water partition coefficient (Wildman–Crippen LogP) is 5.52. The number of ether oxygens (including phenoxy) is 1. The molecule has 9 heteroatoms. The molecule has 0 aromatic heterocycles. The summed E-state index contributed by atoms with van der Waals surface area (Å²) in [5.41, 5.74) is 0.205. The molecule has 3 N–H and O–H groups in total. The minimum Gasteiger partial charge on any atom is -0.507 e. The third-order valence-corrected chi connectivity index (χ3v) is 6.60. The summed E-state index contributed by atoms with van der Waals surface area (Å²) in [6.07, 6.45) is 3.52. The molecule has 0 radical (unpaired) electrons. The van der Waals surface area contributed by atoms with Crippen molar-refractivity contribution in [2.75, 3.05) is 12.3 Å². The maximum atomic E-state index is 14.1. The summed E-state index contributed by atoms with van der Waals surface area (Å²) in [5, 5.41) is 16.6. The van der Waals surface area contributed by atoms with Crippen LogP contribution in [0.1, 0.15) is 97.7 Å². The average molecular weight is 552 g/mol. The first kappa shape index (κ1) is 33.6. The minimum absolute atomic E-state index is 0.0100. The molecule has 8 nitrogen and oxygen atoms in total. The summed E-state index contributed by atoms with van der Waals surface area (Å²) < 4.78 is 5.37. The summed E-state index contributed by atoms with van der Waals surface area (Å²) in [6.45, 7) is 15.6. The van der Waals surface area contributed by atoms with Crippen LogP contribution in [-0.4, -0.2) is 57.9 Å². The molecule has 216 valence electrons. The van der Waals surface area contributed by atoms with E-state index in [4.69, 9.17) is 4.74 Å². The number of carbonyl (C=O) groups excluding carboxylic acids is 3. The minimum atomic E-state index is -1.09. The average Bonchev–Trinajstić information content (AvgIpc) is 2.82. The Bertz CT molecular complexity index is 916. The second-order valence-corrected chi connectivity index (χ2v) is 11.7. The largest absolute Gasteiger partial charge is 0.507 e. The number of aryl methyl sites for hydroxylation is 1. The Labute approximate surface area is 234 Å². The number of hydrogen-bond acceptors (Lipinski definition) is 6. The van der Waals surface area contributed by atoms with E-state index in [1.165, 1.54) is 4.90 Å². The highest BCUT2D eigenvalue weighted by molar-refractivity contribution is 7.80. The van der Waals surface area contributed by atoms with E-state index in [2.05, 4.69) is 44.0 Å². The molecule has 0 saturated carbocycles. The van der Waals surface area contributed by atoms with Crippen molar-refractivity contribution in [2.45, 2.75) is 111 Å². The molecular formula is C29H49N3O5S. The van der Waals surface area contributed by atoms with E-state index in [0.717, 1.165) is 25.7 Å². The van der Waals surface area contributed by atoms with Crippen LogP contribution < -0.4 is 10.6 Å². The zero-order chi connectivity index (χ0) is 29.0. The van der Waals surface area contributed by atoms with Crippen molar-refractivity contribution in [3.8, 4) is 5.75 Å². The second kappa shape index (κ2) is 15.9. The number of benzene rings is 1. The highest BCUT2D eigenvalue weighted by Gasteiger charge is 2.39. The lowest BCUT2D eigenvalue weighted by Crippen LogP contribution is -2.56. The molecule has 1 aromatic carbocycles. The summed E-state index contributed by atoms with van der Waals surface area (Å²) >= 11 is 4.35. The Morgan fingerprint density at radius 2 is 1.76 bits per heavy atom. The lowest BCUT2D eigenvalue weighted by Gasteiger charge is -2.39. The number of phenolic OH excluding ortho intramolecular Hbond substituents is 1. The van der Waals surface area contributed by atoms with Crippen LogP contribution in [-0.2, 0) is 14.3 Å². The first-order chi connectivity index (χ1) is 17.7. The monoisotopic (exact) mass is 551 g/mol. The van der Waals surface area contributed by atoms with Gasteiger partial charge >= 0.3 is 6.09 Å². The standard InChI is InChI=1S/C29H49N3O5S/c1-9-10-11-17-30-26(34)24(22-14-12-13-20(4)25(22)33)32(21(5)16-15-19(2)3)27(35)23(18-38)31-28(36)37-29(6,7)8/h12-14,19,21,23-24,33,38H,9-11,15-18H2,1-8H3,(H,30,34)(H,31,36). The van der Waals surface area contributed by atoms with Crippen molar-refractivity contribution in [3.05, 3.63) is 29.3 Å². The lowest BCUT2D eigenvalue weighted by molar-refractivity contribution is -0.144. The molecule has 0 fully saturated rings. The van der Waals surface area contributed by atoms with Gasteiger partial charge in [-0.1, -0.05) is 51.8 Å². The molecule has 0 aliphatic carbocycles. The van der Waals surface area contributed by atoms with Crippen molar-refractivity contribution in [2.24, 2.45) is 5.92 Å². The molecule has 3 unspecified atom stereocenters. The van der Waals surface area contributed by atoms with E-state index in [-0.39, 0.29) is 23.5 Å². The highest BCUT2D eigenvalue weighted by Crippen LogP contribution is 2.34. The first-order valence-corrected chi connectivity index (χ1v) is 14.3. The van der Waals surface area contributed by atoms with Gasteiger partial charge in [0.2, 0.25) is 11.8 Å². The summed E-state index contributed by atoms with van der Waals surface area (Å²) in [6, 6.07) is 2.71. The van der Waals surface area contributed by atoms with Crippen LogP contribution in [0.15, 0.2) is 18.2 Å². The normalized spacial score (nSPS) is 13.9. The zero-order valence-electron chi connectivity index (χ0n) is 24.5. The van der Waals surface area contributed by atoms with Crippen molar-refractivity contribution in [3.63, 3.8) is 0 Å². The molecule has 0 spiro atoms. The van der Waals surface area contributed by atoms with E-state index in [9.17, 15) is 19.5 Å². The first-order valence-electron chi connectivity index (χ1n) is 13.7. The number of carbonyl (C=O) groups is 3. The predicted molar refractivity (Wildman–Crippen MR) is 156 cm³/mol. The number of alkyl carbamates (subject to hydrolysis) is 1. The molecule has 1 aromatic rings. The van der Waals surface area contributed by atoms with E-state index in [1.807, 2.05) is 6.92 Å². The summed E-state index contributed by atoms with van der Waals surface area (Å²) in [4.78, 5) is 41.9. The van der Waals surface area contributed by atoms with Crippen LogP contribution >= 0.6 is 12.6 Å². The SMILES string of the molecule is CCCCCNC(=O)C(c1cccc(C)c1O)N(C(=O)C(CS)NC(=O)OC(C)(C)C)C(C)CCC(C)C. The highest BCUT2D eigenvalue weighted by atomic mass is 32.1. The Balaban J connectivity index is 3.55. The number of unbranched alkanes of at least 4 members (excludes halogenated alkanes) is 2. The van der Waals surface area contributed by atoms with Crippen LogP contribution in [0.2, 0.25) is 0 Å². The summed E-state index contributed by atoms with van der Waals surface area (Å²) in [5.74, 6) is -0.462. The number of amides is 3. The molecule has 0 aliphatic heterocycles. The van der Waals surface area contributed by atoms with E-state index < -0.39 is 29.7 Å². The van der Waals surface area contributed by atoms with Gasteiger partial charge in [-0.05, 0) is 65.4 Å². The van der Waals surface area contributed by atoms with Gasteiger partial charge in [0.25, 0.3) is 0 Å². The van der Waals surface area contributed by atoms with E-state index in [0.29, 0.717) is 30.0 Å². The third-order valence-electron chi connectivity index (χ3n) is 6.23. The van der Waals surface area contributed by atoms with Crippen LogP contribution in [0.25, 0.3) is 0 Å². The van der Waals surface area contributed by atoms with E-state index in [1.54, 1.807) is 45.9 Å². The van der Waals surface area contributed by atoms with Gasteiger partial charge in [-0.25, -0.2) is 4.79 Å². The van der Waals surface area contributed by atoms with Crippen molar-refractivity contribution >= 4 is 30.5 Å². The quantitative estimate of drug-likeness (QED) is 0.180. The lowest BCUT2D eigenvalue weighted by atomic mass is 9.95. The van der Waals surface area contributed by atoms with E-state index >= 15 is 0 Å². The van der Waals surface area contributed by atoms with Crippen LogP contribution in [0.4, 0.5) is 4.79 Å². The van der Waals surface area contributed by atoms with Gasteiger partial charge in [0.1, 0.15) is 23.4 Å². The molecule has 38 heavy (non-hydrogen) atoms. The molecule has 0 heterocycles. The van der Waals surface area contributed by atoms with Gasteiger partial charge in [-0.15, -0.1) is 0 Å². The zero-order valence-corrected chi connectivity index (χ0v) is 25.4. The Morgan fingerprint density at radius 3 is 2.32 bits per heavy atom. The maximum absolute atomic E-state index is 14.1.